The lowest BCUT2D eigenvalue weighted by Gasteiger charge is -2.33. The monoisotopic (exact) mass is 207 g/mol. The Hall–Kier alpha value is -0.990. The molecular formula is C12H17NO2. The Morgan fingerprint density at radius 2 is 2.00 bits per heavy atom. The second-order valence-electron chi connectivity index (χ2n) is 4.81. The van der Waals surface area contributed by atoms with Crippen LogP contribution in [0.1, 0.15) is 44.9 Å². The lowest BCUT2D eigenvalue weighted by atomic mass is 9.81. The molecule has 2 aliphatic heterocycles. The van der Waals surface area contributed by atoms with E-state index in [0.717, 1.165) is 32.2 Å². The smallest absolute Gasteiger partial charge is 0.415 e. The summed E-state index contributed by atoms with van der Waals surface area (Å²) in [6.45, 7) is 0.854. The van der Waals surface area contributed by atoms with Crippen LogP contribution in [0.3, 0.4) is 0 Å². The van der Waals surface area contributed by atoms with E-state index in [4.69, 9.17) is 4.74 Å². The number of hydrogen-bond donors (Lipinski definition) is 0. The zero-order valence-electron chi connectivity index (χ0n) is 9.00. The number of carbonyl (C=O) groups excluding carboxylic acids is 1. The Balaban J connectivity index is 1.96. The quantitative estimate of drug-likeness (QED) is 0.611. The van der Waals surface area contributed by atoms with Gasteiger partial charge in [-0.3, -0.25) is 4.90 Å². The van der Waals surface area contributed by atoms with Crippen LogP contribution in [0.25, 0.3) is 0 Å². The highest BCUT2D eigenvalue weighted by atomic mass is 16.6. The zero-order valence-corrected chi connectivity index (χ0v) is 9.00. The number of amides is 1. The summed E-state index contributed by atoms with van der Waals surface area (Å²) in [6.07, 6.45) is 10.0. The maximum absolute atomic E-state index is 11.7. The molecule has 0 atom stereocenters. The molecule has 0 unspecified atom stereocenters. The van der Waals surface area contributed by atoms with Crippen LogP contribution in [-0.4, -0.2) is 23.1 Å². The number of carbonyl (C=O) groups is 1. The Labute approximate surface area is 90.1 Å². The van der Waals surface area contributed by atoms with Crippen LogP contribution in [0.2, 0.25) is 0 Å². The molecule has 1 aliphatic carbocycles. The highest BCUT2D eigenvalue weighted by Crippen LogP contribution is 2.45. The van der Waals surface area contributed by atoms with Crippen LogP contribution in [0, 0.1) is 0 Å². The third-order valence-electron chi connectivity index (χ3n) is 3.85. The number of allylic oxidation sites excluding steroid dienone is 1. The van der Waals surface area contributed by atoms with Crippen LogP contribution in [-0.2, 0) is 4.74 Å². The summed E-state index contributed by atoms with van der Waals surface area (Å²) in [5, 5.41) is 0. The standard InChI is InChI=1S/C12H17NO2/c14-11-13-9-5-2-6-10(13)12(15-11)7-3-1-4-8-12/h6H,1-5,7-9H2. The number of rotatable bonds is 0. The largest absolute Gasteiger partial charge is 0.436 e. The Morgan fingerprint density at radius 1 is 1.20 bits per heavy atom. The van der Waals surface area contributed by atoms with E-state index in [-0.39, 0.29) is 11.7 Å². The van der Waals surface area contributed by atoms with Gasteiger partial charge in [-0.25, -0.2) is 4.79 Å². The van der Waals surface area contributed by atoms with Crippen LogP contribution in [0.4, 0.5) is 4.79 Å². The summed E-state index contributed by atoms with van der Waals surface area (Å²) in [4.78, 5) is 13.6. The fourth-order valence-corrected chi connectivity index (χ4v) is 3.10. The number of ether oxygens (including phenoxy) is 1. The van der Waals surface area contributed by atoms with Crippen molar-refractivity contribution in [2.45, 2.75) is 50.5 Å². The SMILES string of the molecule is O=C1OC2(CCCCC2)C2=CCCCN12. The van der Waals surface area contributed by atoms with Crippen LogP contribution < -0.4 is 0 Å². The van der Waals surface area contributed by atoms with Crippen LogP contribution in [0.5, 0.6) is 0 Å². The van der Waals surface area contributed by atoms with Gasteiger partial charge in [-0.15, -0.1) is 0 Å². The molecule has 3 heteroatoms. The Bertz CT molecular complexity index is 316. The fraction of sp³-hybridized carbons (Fsp3) is 0.750. The summed E-state index contributed by atoms with van der Waals surface area (Å²) in [5.41, 5.74) is 0.953. The average molecular weight is 207 g/mol. The minimum absolute atomic E-state index is 0.108. The first-order valence-electron chi connectivity index (χ1n) is 6.03. The predicted octanol–water partition coefficient (Wildman–Crippen LogP) is 2.82. The second kappa shape index (κ2) is 3.26. The number of fused-ring (bicyclic) bond motifs is 2. The average Bonchev–Trinajstić information content (AvgIpc) is 2.55. The first-order chi connectivity index (χ1) is 7.32. The molecule has 2 heterocycles. The third-order valence-corrected chi connectivity index (χ3v) is 3.85. The highest BCUT2D eigenvalue weighted by Gasteiger charge is 2.50. The first kappa shape index (κ1) is 9.25. The molecule has 2 fully saturated rings. The van der Waals surface area contributed by atoms with Gasteiger partial charge in [0.1, 0.15) is 0 Å². The topological polar surface area (TPSA) is 29.5 Å². The van der Waals surface area contributed by atoms with Crippen molar-refractivity contribution in [2.24, 2.45) is 0 Å². The summed E-state index contributed by atoms with van der Waals surface area (Å²) in [5.74, 6) is 0. The van der Waals surface area contributed by atoms with E-state index in [1.807, 2.05) is 4.90 Å². The van der Waals surface area contributed by atoms with Crippen LogP contribution in [0.15, 0.2) is 11.8 Å². The third kappa shape index (κ3) is 1.29. The van der Waals surface area contributed by atoms with Crippen molar-refractivity contribution in [1.82, 2.24) is 4.90 Å². The predicted molar refractivity (Wildman–Crippen MR) is 56.3 cm³/mol. The van der Waals surface area contributed by atoms with Gasteiger partial charge >= 0.3 is 6.09 Å². The van der Waals surface area contributed by atoms with Crippen molar-refractivity contribution in [3.8, 4) is 0 Å². The normalized spacial score (nSPS) is 28.7. The second-order valence-corrected chi connectivity index (χ2v) is 4.81. The molecule has 0 aromatic heterocycles. The molecule has 0 N–H and O–H groups in total. The van der Waals surface area contributed by atoms with Gasteiger partial charge in [-0.2, -0.15) is 0 Å². The zero-order chi connectivity index (χ0) is 10.3. The maximum Gasteiger partial charge on any atom is 0.415 e. The fourth-order valence-electron chi connectivity index (χ4n) is 3.10. The van der Waals surface area contributed by atoms with Crippen molar-refractivity contribution in [3.05, 3.63) is 11.8 Å². The van der Waals surface area contributed by atoms with Gasteiger partial charge in [-0.1, -0.05) is 12.5 Å². The molecule has 0 radical (unpaired) electrons. The van der Waals surface area contributed by atoms with Crippen molar-refractivity contribution >= 4 is 6.09 Å². The molecule has 1 spiro atoms. The molecule has 0 aromatic carbocycles. The Kier molecular flexibility index (Phi) is 2.01. The molecule has 1 amide bonds. The van der Waals surface area contributed by atoms with E-state index in [1.165, 1.54) is 25.0 Å². The van der Waals surface area contributed by atoms with Gasteiger partial charge in [0.15, 0.2) is 5.60 Å². The molecule has 3 aliphatic rings. The summed E-state index contributed by atoms with van der Waals surface area (Å²) in [7, 11) is 0. The molecule has 1 saturated heterocycles. The van der Waals surface area contributed by atoms with Gasteiger partial charge < -0.3 is 4.74 Å². The Morgan fingerprint density at radius 3 is 2.80 bits per heavy atom. The van der Waals surface area contributed by atoms with Crippen LogP contribution >= 0.6 is 0 Å². The molecular weight excluding hydrogens is 190 g/mol. The van der Waals surface area contributed by atoms with E-state index in [1.54, 1.807) is 0 Å². The highest BCUT2D eigenvalue weighted by molar-refractivity contribution is 5.75. The van der Waals surface area contributed by atoms with Gasteiger partial charge in [-0.05, 0) is 38.5 Å². The first-order valence-corrected chi connectivity index (χ1v) is 6.03. The van der Waals surface area contributed by atoms with E-state index in [0.29, 0.717) is 0 Å². The van der Waals surface area contributed by atoms with E-state index < -0.39 is 0 Å². The maximum atomic E-state index is 11.7. The summed E-state index contributed by atoms with van der Waals surface area (Å²) >= 11 is 0. The molecule has 3 nitrogen and oxygen atoms in total. The summed E-state index contributed by atoms with van der Waals surface area (Å²) < 4.78 is 5.66. The summed E-state index contributed by atoms with van der Waals surface area (Å²) in [6, 6.07) is 0. The molecule has 82 valence electrons. The van der Waals surface area contributed by atoms with Crippen molar-refractivity contribution < 1.29 is 9.53 Å². The van der Waals surface area contributed by atoms with E-state index in [9.17, 15) is 4.79 Å². The van der Waals surface area contributed by atoms with Gasteiger partial charge in [0.25, 0.3) is 0 Å². The lowest BCUT2D eigenvalue weighted by Crippen LogP contribution is -2.35. The molecule has 1 saturated carbocycles. The number of hydrogen-bond acceptors (Lipinski definition) is 2. The van der Waals surface area contributed by atoms with Gasteiger partial charge in [0.2, 0.25) is 0 Å². The minimum Gasteiger partial charge on any atom is -0.436 e. The lowest BCUT2D eigenvalue weighted by molar-refractivity contribution is 0.0400. The molecule has 0 bridgehead atoms. The van der Waals surface area contributed by atoms with Crippen molar-refractivity contribution in [3.63, 3.8) is 0 Å². The van der Waals surface area contributed by atoms with Gasteiger partial charge in [0.05, 0.1) is 5.70 Å². The number of nitrogens with zero attached hydrogens (tertiary/aromatic N) is 1. The van der Waals surface area contributed by atoms with Crippen molar-refractivity contribution in [1.29, 1.82) is 0 Å². The van der Waals surface area contributed by atoms with Crippen molar-refractivity contribution in [2.75, 3.05) is 6.54 Å². The van der Waals surface area contributed by atoms with E-state index >= 15 is 0 Å². The molecule has 15 heavy (non-hydrogen) atoms. The molecule has 3 rings (SSSR count). The minimum atomic E-state index is -0.226. The van der Waals surface area contributed by atoms with E-state index in [2.05, 4.69) is 6.08 Å². The molecule has 0 aromatic rings. The van der Waals surface area contributed by atoms with Gasteiger partial charge in [0, 0.05) is 6.54 Å².